The Labute approximate surface area is 93.2 Å². The molecule has 16 heavy (non-hydrogen) atoms. The summed E-state index contributed by atoms with van der Waals surface area (Å²) in [6.45, 7) is 5.09. The molecule has 0 spiro atoms. The Kier molecular flexibility index (Phi) is 3.83. The van der Waals surface area contributed by atoms with Crippen LogP contribution in [0.3, 0.4) is 0 Å². The number of hydrogen-bond donors (Lipinski definition) is 1. The molecule has 1 N–H and O–H groups in total. The molecule has 0 aliphatic rings. The third kappa shape index (κ3) is 2.70. The monoisotopic (exact) mass is 220 g/mol. The first kappa shape index (κ1) is 12.0. The SMILES string of the molecule is C=C(C(=O)O)c1ccccc1OC(=O)CC. The Morgan fingerprint density at radius 1 is 1.38 bits per heavy atom. The fourth-order valence-electron chi connectivity index (χ4n) is 1.11. The van der Waals surface area contributed by atoms with Gasteiger partial charge in [0.2, 0.25) is 0 Å². The highest BCUT2D eigenvalue weighted by Crippen LogP contribution is 2.25. The summed E-state index contributed by atoms with van der Waals surface area (Å²) in [5.41, 5.74) is 0.219. The fourth-order valence-corrected chi connectivity index (χ4v) is 1.11. The number of para-hydroxylation sites is 1. The van der Waals surface area contributed by atoms with Crippen molar-refractivity contribution in [3.63, 3.8) is 0 Å². The van der Waals surface area contributed by atoms with E-state index in [9.17, 15) is 9.59 Å². The van der Waals surface area contributed by atoms with E-state index in [-0.39, 0.29) is 17.7 Å². The van der Waals surface area contributed by atoms with Gasteiger partial charge < -0.3 is 9.84 Å². The van der Waals surface area contributed by atoms with Crippen molar-refractivity contribution >= 4 is 17.5 Å². The van der Waals surface area contributed by atoms with Crippen molar-refractivity contribution in [2.24, 2.45) is 0 Å². The molecule has 0 aromatic heterocycles. The largest absolute Gasteiger partial charge is 0.478 e. The Morgan fingerprint density at radius 2 is 2.00 bits per heavy atom. The summed E-state index contributed by atoms with van der Waals surface area (Å²) >= 11 is 0. The van der Waals surface area contributed by atoms with Crippen LogP contribution in [-0.4, -0.2) is 17.0 Å². The van der Waals surface area contributed by atoms with Crippen molar-refractivity contribution in [3.8, 4) is 5.75 Å². The Balaban J connectivity index is 3.05. The molecule has 1 aromatic rings. The molecule has 4 heteroatoms. The van der Waals surface area contributed by atoms with Gasteiger partial charge in [-0.2, -0.15) is 0 Å². The zero-order valence-electron chi connectivity index (χ0n) is 8.90. The standard InChI is InChI=1S/C12H12O4/c1-3-11(13)16-10-7-5-4-6-9(10)8(2)12(14)15/h4-7H,2-3H2,1H3,(H,14,15). The van der Waals surface area contributed by atoms with Crippen LogP contribution in [0.15, 0.2) is 30.8 Å². The average Bonchev–Trinajstić information content (AvgIpc) is 2.28. The van der Waals surface area contributed by atoms with Gasteiger partial charge in [-0.05, 0) is 6.07 Å². The van der Waals surface area contributed by atoms with E-state index in [1.54, 1.807) is 25.1 Å². The molecule has 0 amide bonds. The van der Waals surface area contributed by atoms with Crippen LogP contribution in [-0.2, 0) is 9.59 Å². The molecule has 1 aromatic carbocycles. The highest BCUT2D eigenvalue weighted by atomic mass is 16.5. The van der Waals surface area contributed by atoms with E-state index in [1.807, 2.05) is 0 Å². The summed E-state index contributed by atoms with van der Waals surface area (Å²) in [5, 5.41) is 8.81. The molecule has 1 rings (SSSR count). The molecule has 0 aliphatic carbocycles. The summed E-state index contributed by atoms with van der Waals surface area (Å²) in [4.78, 5) is 21.9. The third-order valence-corrected chi connectivity index (χ3v) is 1.98. The third-order valence-electron chi connectivity index (χ3n) is 1.98. The maximum atomic E-state index is 11.1. The fraction of sp³-hybridized carbons (Fsp3) is 0.167. The highest BCUT2D eigenvalue weighted by Gasteiger charge is 2.14. The number of hydrogen-bond acceptors (Lipinski definition) is 3. The van der Waals surface area contributed by atoms with Crippen LogP contribution in [0.2, 0.25) is 0 Å². The van der Waals surface area contributed by atoms with E-state index in [0.29, 0.717) is 5.56 Å². The van der Waals surface area contributed by atoms with Crippen LogP contribution >= 0.6 is 0 Å². The summed E-state index contributed by atoms with van der Waals surface area (Å²) in [6, 6.07) is 6.41. The van der Waals surface area contributed by atoms with E-state index in [1.165, 1.54) is 6.07 Å². The van der Waals surface area contributed by atoms with Crippen molar-refractivity contribution in [1.29, 1.82) is 0 Å². The van der Waals surface area contributed by atoms with E-state index in [2.05, 4.69) is 6.58 Å². The molecular weight excluding hydrogens is 208 g/mol. The molecule has 0 saturated carbocycles. The summed E-state index contributed by atoms with van der Waals surface area (Å²) in [5.74, 6) is -1.33. The second kappa shape index (κ2) is 5.11. The van der Waals surface area contributed by atoms with Gasteiger partial charge in [-0.3, -0.25) is 4.79 Å². The van der Waals surface area contributed by atoms with Crippen LogP contribution in [0.25, 0.3) is 5.57 Å². The van der Waals surface area contributed by atoms with E-state index in [0.717, 1.165) is 0 Å². The zero-order chi connectivity index (χ0) is 12.1. The number of benzene rings is 1. The van der Waals surface area contributed by atoms with Gasteiger partial charge in [-0.25, -0.2) is 4.79 Å². The van der Waals surface area contributed by atoms with Crippen molar-refractivity contribution in [1.82, 2.24) is 0 Å². The predicted molar refractivity (Wildman–Crippen MR) is 59.0 cm³/mol. The lowest BCUT2D eigenvalue weighted by molar-refractivity contribution is -0.134. The minimum absolute atomic E-state index is 0.0977. The first-order valence-electron chi connectivity index (χ1n) is 4.78. The zero-order valence-corrected chi connectivity index (χ0v) is 8.90. The quantitative estimate of drug-likeness (QED) is 0.479. The van der Waals surface area contributed by atoms with Crippen molar-refractivity contribution < 1.29 is 19.4 Å². The number of carboxylic acid groups (broad SMARTS) is 1. The Hall–Kier alpha value is -2.10. The molecule has 0 fully saturated rings. The van der Waals surface area contributed by atoms with Crippen LogP contribution in [0, 0.1) is 0 Å². The number of esters is 1. The molecule has 0 bridgehead atoms. The van der Waals surface area contributed by atoms with Crippen LogP contribution in [0.5, 0.6) is 5.75 Å². The number of carboxylic acids is 1. The van der Waals surface area contributed by atoms with Crippen molar-refractivity contribution in [3.05, 3.63) is 36.4 Å². The summed E-state index contributed by atoms with van der Waals surface area (Å²) in [6.07, 6.45) is 0.230. The lowest BCUT2D eigenvalue weighted by atomic mass is 10.1. The molecule has 0 unspecified atom stereocenters. The highest BCUT2D eigenvalue weighted by molar-refractivity contribution is 6.15. The van der Waals surface area contributed by atoms with Gasteiger partial charge >= 0.3 is 11.9 Å². The smallest absolute Gasteiger partial charge is 0.335 e. The average molecular weight is 220 g/mol. The molecule has 0 radical (unpaired) electrons. The van der Waals surface area contributed by atoms with Gasteiger partial charge in [0.25, 0.3) is 0 Å². The number of ether oxygens (including phenoxy) is 1. The summed E-state index contributed by atoms with van der Waals surface area (Å²) < 4.78 is 5.00. The van der Waals surface area contributed by atoms with Gasteiger partial charge in [0.1, 0.15) is 5.75 Å². The topological polar surface area (TPSA) is 63.6 Å². The van der Waals surface area contributed by atoms with Crippen LogP contribution < -0.4 is 4.74 Å². The second-order valence-corrected chi connectivity index (χ2v) is 3.11. The molecule has 0 atom stereocenters. The van der Waals surface area contributed by atoms with Crippen LogP contribution in [0.4, 0.5) is 0 Å². The van der Waals surface area contributed by atoms with E-state index >= 15 is 0 Å². The van der Waals surface area contributed by atoms with Gasteiger partial charge in [0, 0.05) is 12.0 Å². The van der Waals surface area contributed by atoms with Crippen molar-refractivity contribution in [2.75, 3.05) is 0 Å². The molecule has 0 saturated heterocycles. The van der Waals surface area contributed by atoms with E-state index in [4.69, 9.17) is 9.84 Å². The summed E-state index contributed by atoms with van der Waals surface area (Å²) in [7, 11) is 0. The molecule has 0 heterocycles. The minimum atomic E-state index is -1.14. The molecule has 4 nitrogen and oxygen atoms in total. The van der Waals surface area contributed by atoms with Crippen molar-refractivity contribution in [2.45, 2.75) is 13.3 Å². The lowest BCUT2D eigenvalue weighted by Gasteiger charge is -2.08. The predicted octanol–water partition coefficient (Wildman–Crippen LogP) is 2.10. The molecular formula is C12H12O4. The minimum Gasteiger partial charge on any atom is -0.478 e. The van der Waals surface area contributed by atoms with E-state index < -0.39 is 11.9 Å². The first-order chi connectivity index (χ1) is 7.56. The second-order valence-electron chi connectivity index (χ2n) is 3.11. The maximum Gasteiger partial charge on any atom is 0.335 e. The molecule has 84 valence electrons. The lowest BCUT2D eigenvalue weighted by Crippen LogP contribution is -2.08. The van der Waals surface area contributed by atoms with Gasteiger partial charge in [-0.1, -0.05) is 31.7 Å². The Bertz CT molecular complexity index is 434. The van der Waals surface area contributed by atoms with Gasteiger partial charge in [-0.15, -0.1) is 0 Å². The molecule has 0 aliphatic heterocycles. The van der Waals surface area contributed by atoms with Crippen LogP contribution in [0.1, 0.15) is 18.9 Å². The number of aliphatic carboxylic acids is 1. The maximum absolute atomic E-state index is 11.1. The number of rotatable bonds is 4. The normalized spacial score (nSPS) is 9.56. The first-order valence-corrected chi connectivity index (χ1v) is 4.78. The number of carbonyl (C=O) groups excluding carboxylic acids is 1. The number of carbonyl (C=O) groups is 2. The van der Waals surface area contributed by atoms with Gasteiger partial charge in [0.05, 0.1) is 5.57 Å². The van der Waals surface area contributed by atoms with Gasteiger partial charge in [0.15, 0.2) is 0 Å². The Morgan fingerprint density at radius 3 is 2.56 bits per heavy atom.